The van der Waals surface area contributed by atoms with Gasteiger partial charge in [-0.3, -0.25) is 9.59 Å². The summed E-state index contributed by atoms with van der Waals surface area (Å²) >= 11 is 0. The first-order chi connectivity index (χ1) is 32.7. The second-order valence-electron chi connectivity index (χ2n) is 21.4. The maximum atomic E-state index is 14.3. The molecule has 0 bridgehead atoms. The highest BCUT2D eigenvalue weighted by atomic mass is 16.5. The molecule has 0 radical (unpaired) electrons. The molecule has 4 unspecified atom stereocenters. The van der Waals surface area contributed by atoms with Crippen LogP contribution in [-0.2, 0) is 19.1 Å². The Kier molecular flexibility index (Phi) is 48.2. The molecule has 0 saturated carbocycles. The number of carbonyl (C=O) groups excluding carboxylic acids is 2. The summed E-state index contributed by atoms with van der Waals surface area (Å²) in [5.74, 6) is 2.08. The number of hydrogen-bond donors (Lipinski definition) is 0. The van der Waals surface area contributed by atoms with Crippen molar-refractivity contribution in [3.63, 3.8) is 0 Å². The van der Waals surface area contributed by atoms with Gasteiger partial charge in [0.25, 0.3) is 0 Å². The molecule has 7 nitrogen and oxygen atoms in total. The van der Waals surface area contributed by atoms with Gasteiger partial charge in [0.2, 0.25) is 5.91 Å². The topological polar surface area (TPSA) is 81.4 Å². The van der Waals surface area contributed by atoms with E-state index in [1.807, 2.05) is 0 Å². The zero-order chi connectivity index (χ0) is 49.4. The number of esters is 1. The highest BCUT2D eigenvalue weighted by Gasteiger charge is 2.28. The van der Waals surface area contributed by atoms with E-state index in [2.05, 4.69) is 65.4 Å². The summed E-state index contributed by atoms with van der Waals surface area (Å²) in [4.78, 5) is 31.5. The molecule has 1 amide bonds. The Labute approximate surface area is 419 Å². The van der Waals surface area contributed by atoms with Gasteiger partial charge in [-0.1, -0.05) is 221 Å². The fourth-order valence-electron chi connectivity index (χ4n) is 10.1. The van der Waals surface area contributed by atoms with Crippen LogP contribution >= 0.6 is 0 Å². The van der Waals surface area contributed by atoms with E-state index in [1.165, 1.54) is 167 Å². The second-order valence-corrected chi connectivity index (χ2v) is 21.4. The molecule has 0 N–H and O–H groups in total. The van der Waals surface area contributed by atoms with E-state index in [1.54, 1.807) is 0 Å². The van der Waals surface area contributed by atoms with Crippen LogP contribution in [0.4, 0.5) is 0 Å². The molecule has 0 spiro atoms. The number of amides is 1. The van der Waals surface area contributed by atoms with Gasteiger partial charge in [-0.05, 0) is 115 Å². The Morgan fingerprint density at radius 2 is 0.866 bits per heavy atom. The monoisotopic (exact) mass is 945 g/mol. The van der Waals surface area contributed by atoms with Gasteiger partial charge in [0, 0.05) is 24.9 Å². The van der Waals surface area contributed by atoms with Crippen LogP contribution in [0.2, 0.25) is 0 Å². The first-order valence-corrected chi connectivity index (χ1v) is 29.9. The van der Waals surface area contributed by atoms with Crippen molar-refractivity contribution >= 4 is 17.8 Å². The Bertz CT molecular complexity index is 1080. The average molecular weight is 946 g/mol. The molecule has 0 aliphatic rings. The standard InChI is InChI=1S/C60H118N3O4/c1-9-15-20-32-41-54(40-18-12-4)49-52-66-59(64)48-37-30-24-22-23-27-34-45-57(63(51-39-38-50-62(7)8)60(65)56(14-6)44-19-13-5)46-35-28-25-26-29-36-47-58(61)67-53-55(42-31-17-11-3)43-33-21-16-10-2/h54-57H,9-53H2,1-8H3/q-1. The van der Waals surface area contributed by atoms with Crippen molar-refractivity contribution in [1.82, 2.24) is 9.80 Å². The van der Waals surface area contributed by atoms with Crippen molar-refractivity contribution in [2.45, 2.75) is 311 Å². The lowest BCUT2D eigenvalue weighted by Gasteiger charge is -2.35. The van der Waals surface area contributed by atoms with Gasteiger partial charge < -0.3 is 24.7 Å². The van der Waals surface area contributed by atoms with Crippen molar-refractivity contribution in [1.29, 1.82) is 0 Å². The van der Waals surface area contributed by atoms with Crippen LogP contribution in [0.25, 0.3) is 5.41 Å². The lowest BCUT2D eigenvalue weighted by molar-refractivity contribution is -0.144. The van der Waals surface area contributed by atoms with Crippen LogP contribution in [0.5, 0.6) is 0 Å². The highest BCUT2D eigenvalue weighted by molar-refractivity contribution is 5.79. The molecule has 0 aliphatic carbocycles. The van der Waals surface area contributed by atoms with Gasteiger partial charge in [0.05, 0.1) is 13.2 Å². The molecule has 7 heteroatoms. The molecule has 398 valence electrons. The van der Waals surface area contributed by atoms with E-state index in [-0.39, 0.29) is 17.8 Å². The quantitative estimate of drug-likeness (QED) is 0.0263. The van der Waals surface area contributed by atoms with Crippen LogP contribution in [0.15, 0.2) is 0 Å². The third kappa shape index (κ3) is 40.8. The molecular weight excluding hydrogens is 827 g/mol. The van der Waals surface area contributed by atoms with Crippen molar-refractivity contribution in [2.75, 3.05) is 40.4 Å². The van der Waals surface area contributed by atoms with Crippen LogP contribution in [0.3, 0.4) is 0 Å². The van der Waals surface area contributed by atoms with Gasteiger partial charge in [-0.25, -0.2) is 0 Å². The first kappa shape index (κ1) is 65.4. The maximum Gasteiger partial charge on any atom is 0.305 e. The smallest absolute Gasteiger partial charge is 0.305 e. The summed E-state index contributed by atoms with van der Waals surface area (Å²) in [6, 6.07) is 0.331. The fourth-order valence-corrected chi connectivity index (χ4v) is 10.1. The molecule has 0 saturated heterocycles. The minimum absolute atomic E-state index is 0.00327. The molecule has 0 aromatic carbocycles. The van der Waals surface area contributed by atoms with Crippen LogP contribution in [0, 0.1) is 17.8 Å². The van der Waals surface area contributed by atoms with Gasteiger partial charge >= 0.3 is 5.97 Å². The molecular formula is C60H118N3O4-. The van der Waals surface area contributed by atoms with Gasteiger partial charge in [-0.15, -0.1) is 0 Å². The van der Waals surface area contributed by atoms with E-state index in [9.17, 15) is 15.0 Å². The van der Waals surface area contributed by atoms with Gasteiger partial charge in [0.1, 0.15) is 0 Å². The summed E-state index contributed by atoms with van der Waals surface area (Å²) in [5.41, 5.74) is 0. The summed E-state index contributed by atoms with van der Waals surface area (Å²) < 4.78 is 11.6. The Morgan fingerprint density at radius 3 is 1.42 bits per heavy atom. The lowest BCUT2D eigenvalue weighted by atomic mass is 9.92. The molecule has 0 aliphatic heterocycles. The van der Waals surface area contributed by atoms with Gasteiger partial charge in [-0.2, -0.15) is 0 Å². The number of carbonyl (C=O) groups is 2. The summed E-state index contributed by atoms with van der Waals surface area (Å²) in [6.07, 6.45) is 47.6. The summed E-state index contributed by atoms with van der Waals surface area (Å²) in [7, 11) is 4.30. The number of ether oxygens (including phenoxy) is 2. The predicted octanol–water partition coefficient (Wildman–Crippen LogP) is 18.2. The normalized spacial score (nSPS) is 13.4. The number of nitrogens with zero attached hydrogens (tertiary/aromatic N) is 3. The van der Waals surface area contributed by atoms with E-state index < -0.39 is 0 Å². The predicted molar refractivity (Wildman–Crippen MR) is 293 cm³/mol. The van der Waals surface area contributed by atoms with Gasteiger partial charge in [0.15, 0.2) is 0 Å². The molecule has 0 heterocycles. The van der Waals surface area contributed by atoms with Crippen LogP contribution in [0.1, 0.15) is 305 Å². The molecule has 0 aromatic rings. The highest BCUT2D eigenvalue weighted by Crippen LogP contribution is 2.26. The molecule has 4 atom stereocenters. The van der Waals surface area contributed by atoms with Crippen LogP contribution < -0.4 is 0 Å². The molecule has 0 fully saturated rings. The van der Waals surface area contributed by atoms with E-state index in [0.717, 1.165) is 96.6 Å². The maximum absolute atomic E-state index is 14.3. The van der Waals surface area contributed by atoms with Crippen molar-refractivity contribution in [3.8, 4) is 0 Å². The first-order valence-electron chi connectivity index (χ1n) is 29.9. The molecule has 0 rings (SSSR count). The van der Waals surface area contributed by atoms with Crippen molar-refractivity contribution in [2.24, 2.45) is 17.8 Å². The average Bonchev–Trinajstić information content (AvgIpc) is 3.32. The molecule has 67 heavy (non-hydrogen) atoms. The Balaban J connectivity index is 4.99. The summed E-state index contributed by atoms with van der Waals surface area (Å²) in [5, 5.41) is 10.6. The molecule has 0 aromatic heterocycles. The van der Waals surface area contributed by atoms with E-state index >= 15 is 0 Å². The zero-order valence-electron chi connectivity index (χ0n) is 46.6. The third-order valence-electron chi connectivity index (χ3n) is 14.7. The SMILES string of the molecule is CCCCCCC(CCCC)CCOC(=O)CCCCCCCCCC(CCCCCCCCC(=[N-])OCC(CCCCC)CCCCCC)N(CCCCN(C)C)C(=O)C(CC)CCCC. The minimum Gasteiger partial charge on any atom is -0.775 e. The number of unbranched alkanes of at least 4 members (excludes halogenated alkanes) is 22. The third-order valence-corrected chi connectivity index (χ3v) is 14.7. The summed E-state index contributed by atoms with van der Waals surface area (Å²) in [6.45, 7) is 16.8. The minimum atomic E-state index is -0.00327. The fraction of sp³-hybridized carbons (Fsp3) is 0.950. The van der Waals surface area contributed by atoms with E-state index in [0.29, 0.717) is 49.8 Å². The van der Waals surface area contributed by atoms with Crippen LogP contribution in [-0.4, -0.2) is 74.0 Å². The largest absolute Gasteiger partial charge is 0.775 e. The Hall–Kier alpha value is -1.63. The Morgan fingerprint density at radius 1 is 0.433 bits per heavy atom. The van der Waals surface area contributed by atoms with Crippen molar-refractivity contribution < 1.29 is 19.1 Å². The number of rotatable bonds is 52. The van der Waals surface area contributed by atoms with E-state index in [4.69, 9.17) is 9.47 Å². The second kappa shape index (κ2) is 49.4. The number of hydrogen-bond acceptors (Lipinski definition) is 5. The van der Waals surface area contributed by atoms with Crippen molar-refractivity contribution in [3.05, 3.63) is 5.41 Å². The lowest BCUT2D eigenvalue weighted by Crippen LogP contribution is -2.44. The zero-order valence-corrected chi connectivity index (χ0v) is 46.6.